The molecule has 11 heavy (non-hydrogen) atoms. The molecule has 0 heterocycles. The third-order valence-electron chi connectivity index (χ3n) is 1.17. The zero-order valence-electron chi connectivity index (χ0n) is 6.56. The van der Waals surface area contributed by atoms with E-state index >= 15 is 0 Å². The van der Waals surface area contributed by atoms with E-state index in [1.54, 1.807) is 0 Å². The summed E-state index contributed by atoms with van der Waals surface area (Å²) in [7, 11) is 0. The van der Waals surface area contributed by atoms with Crippen LogP contribution in [0.25, 0.3) is 10.4 Å². The van der Waals surface area contributed by atoms with Crippen LogP contribution in [0.2, 0.25) is 0 Å². The quantitative estimate of drug-likeness (QED) is 0.383. The summed E-state index contributed by atoms with van der Waals surface area (Å²) in [4.78, 5) is 12.8. The van der Waals surface area contributed by atoms with Gasteiger partial charge in [0.15, 0.2) is 0 Å². The first kappa shape index (κ1) is 9.78. The Kier molecular flexibility index (Phi) is 4.07. The van der Waals surface area contributed by atoms with Crippen LogP contribution in [0, 0.1) is 5.92 Å². The standard InChI is InChI=1S/C6H11N3O2/c1-4(2)3-5(6(10)11)8-9-7/h4-5H,3H2,1-2H3,(H,10,11). The van der Waals surface area contributed by atoms with Gasteiger partial charge in [-0.2, -0.15) is 0 Å². The van der Waals surface area contributed by atoms with E-state index in [1.165, 1.54) is 0 Å². The molecule has 62 valence electrons. The summed E-state index contributed by atoms with van der Waals surface area (Å²) in [6.45, 7) is 3.76. The number of carbonyl (C=O) groups is 1. The molecule has 0 aromatic rings. The van der Waals surface area contributed by atoms with Crippen molar-refractivity contribution in [2.24, 2.45) is 11.0 Å². The van der Waals surface area contributed by atoms with Crippen molar-refractivity contribution in [3.05, 3.63) is 10.4 Å². The van der Waals surface area contributed by atoms with Crippen LogP contribution in [-0.4, -0.2) is 17.1 Å². The lowest BCUT2D eigenvalue weighted by Crippen LogP contribution is -2.18. The van der Waals surface area contributed by atoms with Crippen molar-refractivity contribution in [1.29, 1.82) is 0 Å². The predicted octanol–water partition coefficient (Wildman–Crippen LogP) is 1.80. The normalized spacial score (nSPS) is 12.3. The summed E-state index contributed by atoms with van der Waals surface area (Å²) in [6, 6.07) is -0.917. The highest BCUT2D eigenvalue weighted by atomic mass is 16.4. The fourth-order valence-electron chi connectivity index (χ4n) is 0.706. The molecule has 0 aliphatic heterocycles. The van der Waals surface area contributed by atoms with E-state index in [-0.39, 0.29) is 5.92 Å². The summed E-state index contributed by atoms with van der Waals surface area (Å²) in [6.07, 6.45) is 0.388. The SMILES string of the molecule is CC(C)CC(N=[N+]=[N-])C(=O)O. The van der Waals surface area contributed by atoms with Gasteiger partial charge in [-0.25, -0.2) is 0 Å². The van der Waals surface area contributed by atoms with Crippen LogP contribution in [0.5, 0.6) is 0 Å². The summed E-state index contributed by atoms with van der Waals surface area (Å²) in [5, 5.41) is 11.6. The minimum Gasteiger partial charge on any atom is -0.481 e. The number of carboxylic acid groups (broad SMARTS) is 1. The molecule has 0 aliphatic carbocycles. The van der Waals surface area contributed by atoms with Gasteiger partial charge in [-0.05, 0) is 17.9 Å². The van der Waals surface area contributed by atoms with Crippen molar-refractivity contribution in [3.8, 4) is 0 Å². The van der Waals surface area contributed by atoms with Crippen molar-refractivity contribution >= 4 is 5.97 Å². The summed E-state index contributed by atoms with van der Waals surface area (Å²) in [5.41, 5.74) is 7.99. The van der Waals surface area contributed by atoms with Gasteiger partial charge in [-0.3, -0.25) is 4.79 Å². The van der Waals surface area contributed by atoms with Crippen LogP contribution < -0.4 is 0 Å². The molecule has 5 nitrogen and oxygen atoms in total. The summed E-state index contributed by atoms with van der Waals surface area (Å²) < 4.78 is 0. The molecule has 0 spiro atoms. The molecule has 1 atom stereocenters. The van der Waals surface area contributed by atoms with Crippen LogP contribution in [0.4, 0.5) is 0 Å². The smallest absolute Gasteiger partial charge is 0.312 e. The first-order valence-corrected chi connectivity index (χ1v) is 3.35. The Morgan fingerprint density at radius 1 is 1.73 bits per heavy atom. The van der Waals surface area contributed by atoms with E-state index in [0.717, 1.165) is 0 Å². The number of rotatable bonds is 4. The zero-order valence-corrected chi connectivity index (χ0v) is 6.56. The zero-order chi connectivity index (χ0) is 8.85. The molecule has 0 radical (unpaired) electrons. The summed E-state index contributed by atoms with van der Waals surface area (Å²) >= 11 is 0. The molecular formula is C6H11N3O2. The average molecular weight is 157 g/mol. The molecule has 0 saturated heterocycles. The van der Waals surface area contributed by atoms with Crippen LogP contribution in [-0.2, 0) is 4.79 Å². The monoisotopic (exact) mass is 157 g/mol. The second-order valence-electron chi connectivity index (χ2n) is 2.69. The number of azide groups is 1. The molecule has 1 N–H and O–H groups in total. The highest BCUT2D eigenvalue weighted by Crippen LogP contribution is 2.08. The maximum absolute atomic E-state index is 10.4. The van der Waals surface area contributed by atoms with Crippen LogP contribution >= 0.6 is 0 Å². The first-order valence-electron chi connectivity index (χ1n) is 3.35. The highest BCUT2D eigenvalue weighted by Gasteiger charge is 2.16. The lowest BCUT2D eigenvalue weighted by atomic mass is 10.1. The number of hydrogen-bond acceptors (Lipinski definition) is 2. The van der Waals surface area contributed by atoms with Gasteiger partial charge in [-0.15, -0.1) is 0 Å². The molecule has 0 rings (SSSR count). The van der Waals surface area contributed by atoms with Crippen molar-refractivity contribution in [3.63, 3.8) is 0 Å². The Balaban J connectivity index is 4.11. The Morgan fingerprint density at radius 3 is 2.55 bits per heavy atom. The number of aliphatic carboxylic acids is 1. The lowest BCUT2D eigenvalue weighted by molar-refractivity contribution is -0.138. The Labute approximate surface area is 64.7 Å². The van der Waals surface area contributed by atoms with Crippen molar-refractivity contribution in [2.75, 3.05) is 0 Å². The number of carboxylic acids is 1. The van der Waals surface area contributed by atoms with Gasteiger partial charge in [0.2, 0.25) is 0 Å². The first-order chi connectivity index (χ1) is 5.07. The number of hydrogen-bond donors (Lipinski definition) is 1. The maximum atomic E-state index is 10.4. The molecule has 0 amide bonds. The topological polar surface area (TPSA) is 86.1 Å². The van der Waals surface area contributed by atoms with Crippen molar-refractivity contribution in [2.45, 2.75) is 26.3 Å². The van der Waals surface area contributed by atoms with Gasteiger partial charge in [-0.1, -0.05) is 19.0 Å². The fraction of sp³-hybridized carbons (Fsp3) is 0.833. The lowest BCUT2D eigenvalue weighted by Gasteiger charge is -2.07. The molecule has 0 fully saturated rings. The van der Waals surface area contributed by atoms with Crippen molar-refractivity contribution in [1.82, 2.24) is 0 Å². The van der Waals surface area contributed by atoms with Gasteiger partial charge < -0.3 is 5.11 Å². The Bertz CT molecular complexity index is 182. The van der Waals surface area contributed by atoms with E-state index in [4.69, 9.17) is 10.6 Å². The highest BCUT2D eigenvalue weighted by molar-refractivity contribution is 5.73. The van der Waals surface area contributed by atoms with Crippen LogP contribution in [0.15, 0.2) is 5.11 Å². The molecular weight excluding hydrogens is 146 g/mol. The Morgan fingerprint density at radius 2 is 2.27 bits per heavy atom. The largest absolute Gasteiger partial charge is 0.481 e. The molecule has 1 unspecified atom stereocenters. The minimum atomic E-state index is -1.06. The van der Waals surface area contributed by atoms with E-state index in [2.05, 4.69) is 10.0 Å². The van der Waals surface area contributed by atoms with Crippen LogP contribution in [0.3, 0.4) is 0 Å². The van der Waals surface area contributed by atoms with E-state index in [0.29, 0.717) is 6.42 Å². The molecule has 0 aliphatic rings. The van der Waals surface area contributed by atoms with Gasteiger partial charge in [0.05, 0.1) is 0 Å². The van der Waals surface area contributed by atoms with Crippen molar-refractivity contribution < 1.29 is 9.90 Å². The second-order valence-corrected chi connectivity index (χ2v) is 2.69. The third kappa shape index (κ3) is 4.22. The maximum Gasteiger partial charge on any atom is 0.312 e. The summed E-state index contributed by atoms with van der Waals surface area (Å²) in [5.74, 6) is -0.835. The average Bonchev–Trinajstić information content (AvgIpc) is 1.86. The van der Waals surface area contributed by atoms with E-state index in [1.807, 2.05) is 13.8 Å². The predicted molar refractivity (Wildman–Crippen MR) is 40.0 cm³/mol. The Hall–Kier alpha value is -1.22. The van der Waals surface area contributed by atoms with Gasteiger partial charge in [0.25, 0.3) is 0 Å². The molecule has 0 saturated carbocycles. The molecule has 0 aromatic heterocycles. The van der Waals surface area contributed by atoms with E-state index < -0.39 is 12.0 Å². The van der Waals surface area contributed by atoms with Gasteiger partial charge in [0.1, 0.15) is 6.04 Å². The van der Waals surface area contributed by atoms with Crippen LogP contribution in [0.1, 0.15) is 20.3 Å². The molecule has 5 heteroatoms. The van der Waals surface area contributed by atoms with Gasteiger partial charge >= 0.3 is 5.97 Å². The second kappa shape index (κ2) is 4.57. The number of nitrogens with zero attached hydrogens (tertiary/aromatic N) is 3. The molecule has 0 aromatic carbocycles. The minimum absolute atomic E-state index is 0.224. The fourth-order valence-corrected chi connectivity index (χ4v) is 0.706. The van der Waals surface area contributed by atoms with E-state index in [9.17, 15) is 4.79 Å². The third-order valence-corrected chi connectivity index (χ3v) is 1.17. The molecule has 0 bridgehead atoms. The van der Waals surface area contributed by atoms with Gasteiger partial charge in [0, 0.05) is 4.91 Å².